The molecule has 0 fully saturated rings. The van der Waals surface area contributed by atoms with E-state index in [-0.39, 0.29) is 41.2 Å². The third-order valence-corrected chi connectivity index (χ3v) is 4.78. The summed E-state index contributed by atoms with van der Waals surface area (Å²) >= 11 is 0.981. The van der Waals surface area contributed by atoms with E-state index in [1.54, 1.807) is 44.2 Å². The number of hydrogen-bond donors (Lipinski definition) is 1. The predicted molar refractivity (Wildman–Crippen MR) is 102 cm³/mol. The summed E-state index contributed by atoms with van der Waals surface area (Å²) in [6.45, 7) is 3.83. The lowest BCUT2D eigenvalue weighted by molar-refractivity contribution is 0.0392. The van der Waals surface area contributed by atoms with Gasteiger partial charge >= 0.3 is 11.9 Å². The molecule has 0 spiro atoms. The number of nitrogens with one attached hydrogen (secondary N) is 1. The van der Waals surface area contributed by atoms with Crippen LogP contribution in [0.2, 0.25) is 0 Å². The molecule has 2 rings (SSSR count). The molecule has 1 N–H and O–H groups in total. The number of anilines is 1. The molecule has 0 saturated carbocycles. The summed E-state index contributed by atoms with van der Waals surface area (Å²) < 4.78 is 15.1. The fourth-order valence-electron chi connectivity index (χ4n) is 2.29. The molecule has 1 aromatic carbocycles. The zero-order valence-corrected chi connectivity index (χ0v) is 16.2. The van der Waals surface area contributed by atoms with Crippen molar-refractivity contribution in [2.75, 3.05) is 32.2 Å². The summed E-state index contributed by atoms with van der Waals surface area (Å²) in [4.78, 5) is 37.4. The molecule has 0 aliphatic heterocycles. The molecular formula is C19H21NO6S. The molecule has 1 aromatic heterocycles. The number of rotatable bonds is 8. The van der Waals surface area contributed by atoms with E-state index in [0.29, 0.717) is 11.1 Å². The standard InChI is InChI=1S/C19H21NO6S/c1-4-25-18(22)14-12(2)15(19(23)26-11-10-24-3)27-17(14)20-16(21)13-8-6-5-7-9-13/h5-9H,4,10-11H2,1-3H3,(H,20,21). The quantitative estimate of drug-likeness (QED) is 0.548. The van der Waals surface area contributed by atoms with Gasteiger partial charge in [-0.1, -0.05) is 18.2 Å². The minimum absolute atomic E-state index is 0.0904. The molecule has 27 heavy (non-hydrogen) atoms. The first kappa shape index (κ1) is 20.6. The van der Waals surface area contributed by atoms with Crippen LogP contribution in [0.3, 0.4) is 0 Å². The number of methoxy groups -OCH3 is 1. The Morgan fingerprint density at radius 2 is 1.74 bits per heavy atom. The van der Waals surface area contributed by atoms with Crippen molar-refractivity contribution in [2.24, 2.45) is 0 Å². The maximum atomic E-state index is 12.5. The van der Waals surface area contributed by atoms with Crippen LogP contribution in [0.25, 0.3) is 0 Å². The first-order chi connectivity index (χ1) is 13.0. The fourth-order valence-corrected chi connectivity index (χ4v) is 3.38. The highest BCUT2D eigenvalue weighted by Crippen LogP contribution is 2.34. The molecule has 1 amide bonds. The number of carbonyl (C=O) groups is 3. The van der Waals surface area contributed by atoms with Crippen molar-refractivity contribution >= 4 is 34.2 Å². The van der Waals surface area contributed by atoms with E-state index >= 15 is 0 Å². The maximum Gasteiger partial charge on any atom is 0.348 e. The summed E-state index contributed by atoms with van der Waals surface area (Å²) in [5.41, 5.74) is 0.997. The van der Waals surface area contributed by atoms with Gasteiger partial charge in [-0.05, 0) is 31.5 Å². The van der Waals surface area contributed by atoms with Crippen molar-refractivity contribution in [3.8, 4) is 0 Å². The van der Waals surface area contributed by atoms with Crippen LogP contribution in [0.15, 0.2) is 30.3 Å². The summed E-state index contributed by atoms with van der Waals surface area (Å²) in [7, 11) is 1.50. The van der Waals surface area contributed by atoms with Crippen LogP contribution in [0.1, 0.15) is 42.9 Å². The van der Waals surface area contributed by atoms with Gasteiger partial charge < -0.3 is 19.5 Å². The zero-order chi connectivity index (χ0) is 19.8. The molecule has 7 nitrogen and oxygen atoms in total. The second-order valence-corrected chi connectivity index (χ2v) is 6.45. The molecule has 0 unspecified atom stereocenters. The second-order valence-electron chi connectivity index (χ2n) is 5.43. The van der Waals surface area contributed by atoms with Crippen molar-refractivity contribution in [3.05, 3.63) is 51.9 Å². The van der Waals surface area contributed by atoms with E-state index < -0.39 is 11.9 Å². The van der Waals surface area contributed by atoms with Crippen LogP contribution in [0, 0.1) is 6.92 Å². The predicted octanol–water partition coefficient (Wildman–Crippen LogP) is 3.29. The number of ether oxygens (including phenoxy) is 3. The lowest BCUT2D eigenvalue weighted by atomic mass is 10.1. The topological polar surface area (TPSA) is 90.9 Å². The Bertz CT molecular complexity index is 815. The smallest absolute Gasteiger partial charge is 0.348 e. The molecule has 0 aliphatic rings. The normalized spacial score (nSPS) is 10.3. The van der Waals surface area contributed by atoms with Gasteiger partial charge in [0.25, 0.3) is 5.91 Å². The summed E-state index contributed by atoms with van der Waals surface area (Å²) in [6.07, 6.45) is 0. The van der Waals surface area contributed by atoms with Gasteiger partial charge in [0.1, 0.15) is 16.5 Å². The molecule has 0 bridgehead atoms. The van der Waals surface area contributed by atoms with Gasteiger partial charge in [-0.2, -0.15) is 0 Å². The van der Waals surface area contributed by atoms with E-state index in [9.17, 15) is 14.4 Å². The molecule has 2 aromatic rings. The van der Waals surface area contributed by atoms with E-state index in [1.807, 2.05) is 0 Å². The van der Waals surface area contributed by atoms with E-state index in [2.05, 4.69) is 5.32 Å². The number of esters is 2. The molecule has 0 aliphatic carbocycles. The number of benzene rings is 1. The van der Waals surface area contributed by atoms with Gasteiger partial charge in [0.2, 0.25) is 0 Å². The average molecular weight is 391 g/mol. The summed E-state index contributed by atoms with van der Waals surface area (Å²) in [6, 6.07) is 8.57. The molecule has 144 valence electrons. The van der Waals surface area contributed by atoms with E-state index in [4.69, 9.17) is 14.2 Å². The van der Waals surface area contributed by atoms with Crippen LogP contribution in [-0.4, -0.2) is 44.8 Å². The van der Waals surface area contributed by atoms with Crippen LogP contribution < -0.4 is 5.32 Å². The van der Waals surface area contributed by atoms with Gasteiger partial charge in [-0.3, -0.25) is 4.79 Å². The number of hydrogen-bond acceptors (Lipinski definition) is 7. The van der Waals surface area contributed by atoms with Gasteiger partial charge in [-0.15, -0.1) is 11.3 Å². The first-order valence-electron chi connectivity index (χ1n) is 8.32. The van der Waals surface area contributed by atoms with Crippen molar-refractivity contribution in [3.63, 3.8) is 0 Å². The molecule has 1 heterocycles. The van der Waals surface area contributed by atoms with Crippen LogP contribution in [0.5, 0.6) is 0 Å². The third kappa shape index (κ3) is 5.15. The summed E-state index contributed by atoms with van der Waals surface area (Å²) in [5, 5.41) is 2.94. The molecular weight excluding hydrogens is 370 g/mol. The van der Waals surface area contributed by atoms with E-state index in [1.165, 1.54) is 7.11 Å². The van der Waals surface area contributed by atoms with Crippen molar-refractivity contribution in [2.45, 2.75) is 13.8 Å². The fraction of sp³-hybridized carbons (Fsp3) is 0.316. The molecule has 0 radical (unpaired) electrons. The van der Waals surface area contributed by atoms with Crippen molar-refractivity contribution < 1.29 is 28.6 Å². The molecule has 8 heteroatoms. The average Bonchev–Trinajstić information content (AvgIpc) is 2.98. The Labute approximate surface area is 161 Å². The number of thiophene rings is 1. The minimum atomic E-state index is -0.606. The molecule has 0 atom stereocenters. The number of amides is 1. The van der Waals surface area contributed by atoms with Crippen molar-refractivity contribution in [1.82, 2.24) is 0 Å². The second kappa shape index (κ2) is 9.84. The highest BCUT2D eigenvalue weighted by molar-refractivity contribution is 7.18. The van der Waals surface area contributed by atoms with E-state index in [0.717, 1.165) is 11.3 Å². The minimum Gasteiger partial charge on any atom is -0.462 e. The Balaban J connectivity index is 2.33. The van der Waals surface area contributed by atoms with Crippen LogP contribution >= 0.6 is 11.3 Å². The lowest BCUT2D eigenvalue weighted by Gasteiger charge is -2.07. The lowest BCUT2D eigenvalue weighted by Crippen LogP contribution is -2.15. The first-order valence-corrected chi connectivity index (χ1v) is 9.14. The Morgan fingerprint density at radius 1 is 1.04 bits per heavy atom. The third-order valence-electron chi connectivity index (χ3n) is 3.60. The van der Waals surface area contributed by atoms with Crippen LogP contribution in [-0.2, 0) is 14.2 Å². The highest BCUT2D eigenvalue weighted by Gasteiger charge is 2.27. The Morgan fingerprint density at radius 3 is 2.37 bits per heavy atom. The van der Waals surface area contributed by atoms with Gasteiger partial charge in [0.05, 0.1) is 18.8 Å². The number of carbonyl (C=O) groups excluding carboxylic acids is 3. The van der Waals surface area contributed by atoms with Crippen molar-refractivity contribution in [1.29, 1.82) is 0 Å². The maximum absolute atomic E-state index is 12.5. The van der Waals surface area contributed by atoms with Gasteiger partial charge in [0, 0.05) is 12.7 Å². The Kier molecular flexibility index (Phi) is 7.51. The zero-order valence-electron chi connectivity index (χ0n) is 15.4. The Hall–Kier alpha value is -2.71. The van der Waals surface area contributed by atoms with Gasteiger partial charge in [-0.25, -0.2) is 9.59 Å². The van der Waals surface area contributed by atoms with Crippen LogP contribution in [0.4, 0.5) is 5.00 Å². The highest BCUT2D eigenvalue weighted by atomic mass is 32.1. The largest absolute Gasteiger partial charge is 0.462 e. The summed E-state index contributed by atoms with van der Waals surface area (Å²) in [5.74, 6) is -1.58. The van der Waals surface area contributed by atoms with Gasteiger partial charge in [0.15, 0.2) is 0 Å². The monoisotopic (exact) mass is 391 g/mol. The SMILES string of the molecule is CCOC(=O)c1c(NC(=O)c2ccccc2)sc(C(=O)OCCOC)c1C. The molecule has 0 saturated heterocycles.